The molecule has 0 saturated carbocycles. The van der Waals surface area contributed by atoms with Crippen LogP contribution in [0.3, 0.4) is 0 Å². The highest BCUT2D eigenvalue weighted by Gasteiger charge is 2.35. The summed E-state index contributed by atoms with van der Waals surface area (Å²) in [5.41, 5.74) is -0.257. The molecule has 2 aromatic rings. The van der Waals surface area contributed by atoms with Gasteiger partial charge >= 0.3 is 6.09 Å². The minimum atomic E-state index is -0.859. The Morgan fingerprint density at radius 1 is 1.13 bits per heavy atom. The smallest absolute Gasteiger partial charge is 0.414 e. The number of benzene rings is 1. The number of ether oxygens (including phenoxy) is 1. The summed E-state index contributed by atoms with van der Waals surface area (Å²) in [5, 5.41) is 8.70. The van der Waals surface area contributed by atoms with Crippen molar-refractivity contribution in [2.75, 3.05) is 49.1 Å². The van der Waals surface area contributed by atoms with Crippen molar-refractivity contribution in [1.29, 1.82) is 0 Å². The predicted octanol–water partition coefficient (Wildman–Crippen LogP) is 1.52. The first-order valence-corrected chi connectivity index (χ1v) is 12.5. The number of halogens is 2. The van der Waals surface area contributed by atoms with Crippen molar-refractivity contribution >= 4 is 35.2 Å². The lowest BCUT2D eigenvalue weighted by molar-refractivity contribution is -0.134. The molecule has 14 heteroatoms. The Bertz CT molecular complexity index is 1210. The molecule has 4 rings (SSSR count). The van der Waals surface area contributed by atoms with Gasteiger partial charge in [-0.3, -0.25) is 19.3 Å². The number of piperazine rings is 1. The van der Waals surface area contributed by atoms with E-state index in [2.05, 4.69) is 15.8 Å². The van der Waals surface area contributed by atoms with Crippen molar-refractivity contribution in [2.24, 2.45) is 5.92 Å². The maximum Gasteiger partial charge on any atom is 0.414 e. The number of nitrogens with zero attached hydrogens (tertiary/aromatic N) is 4. The third kappa shape index (κ3) is 6.26. The van der Waals surface area contributed by atoms with E-state index in [0.717, 1.165) is 17.0 Å². The molecule has 4 amide bonds. The van der Waals surface area contributed by atoms with Crippen LogP contribution in [0.2, 0.25) is 0 Å². The van der Waals surface area contributed by atoms with Gasteiger partial charge in [0.1, 0.15) is 17.8 Å². The van der Waals surface area contributed by atoms with Crippen LogP contribution in [-0.4, -0.2) is 85.3 Å². The van der Waals surface area contributed by atoms with Crippen molar-refractivity contribution < 1.29 is 37.2 Å². The second-order valence-electron chi connectivity index (χ2n) is 9.70. The summed E-state index contributed by atoms with van der Waals surface area (Å²) in [4.78, 5) is 53.1. The standard InChI is InChI=1S/C25H30F2N6O6/c1-14(2)21(30-23(35)20-4-5-29-39-20)24(36)32-8-6-31(7-9-32)22-18(26)10-16(11-19(22)27)33-13-17(38-25(33)37)12-28-15(3)34/h4-5,10-11,14,17,21H,6-9,12-13H2,1-3H3,(H,28,34)(H,30,35). The van der Waals surface area contributed by atoms with Gasteiger partial charge < -0.3 is 29.7 Å². The van der Waals surface area contributed by atoms with Crippen LogP contribution in [0.1, 0.15) is 31.3 Å². The Balaban J connectivity index is 1.39. The molecule has 2 aliphatic rings. The molecule has 2 saturated heterocycles. The Morgan fingerprint density at radius 3 is 2.36 bits per heavy atom. The lowest BCUT2D eigenvalue weighted by Crippen LogP contribution is -2.56. The highest BCUT2D eigenvalue weighted by atomic mass is 19.1. The van der Waals surface area contributed by atoms with E-state index in [9.17, 15) is 19.2 Å². The molecule has 0 aliphatic carbocycles. The van der Waals surface area contributed by atoms with Crippen LogP contribution < -0.4 is 20.4 Å². The summed E-state index contributed by atoms with van der Waals surface area (Å²) in [7, 11) is 0. The van der Waals surface area contributed by atoms with Gasteiger partial charge in [-0.15, -0.1) is 0 Å². The van der Waals surface area contributed by atoms with E-state index in [4.69, 9.17) is 9.26 Å². The van der Waals surface area contributed by atoms with Crippen molar-refractivity contribution in [3.05, 3.63) is 41.8 Å². The van der Waals surface area contributed by atoms with E-state index < -0.39 is 35.8 Å². The second kappa shape index (κ2) is 11.7. The molecule has 2 N–H and O–H groups in total. The molecule has 39 heavy (non-hydrogen) atoms. The van der Waals surface area contributed by atoms with Gasteiger partial charge in [-0.05, 0) is 5.92 Å². The molecule has 12 nitrogen and oxygen atoms in total. The zero-order valence-electron chi connectivity index (χ0n) is 21.8. The number of carbonyl (C=O) groups excluding carboxylic acids is 4. The number of nitrogens with one attached hydrogen (secondary N) is 2. The van der Waals surface area contributed by atoms with Gasteiger partial charge in [-0.1, -0.05) is 19.0 Å². The largest absolute Gasteiger partial charge is 0.442 e. The molecule has 0 radical (unpaired) electrons. The summed E-state index contributed by atoms with van der Waals surface area (Å²) < 4.78 is 40.3. The van der Waals surface area contributed by atoms with Gasteiger partial charge in [0.05, 0.1) is 25.0 Å². The number of rotatable bonds is 8. The molecule has 2 unspecified atom stereocenters. The summed E-state index contributed by atoms with van der Waals surface area (Å²) in [6.07, 6.45) is -0.0837. The third-order valence-corrected chi connectivity index (χ3v) is 6.55. The molecule has 210 valence electrons. The second-order valence-corrected chi connectivity index (χ2v) is 9.70. The number of aromatic nitrogens is 1. The fourth-order valence-corrected chi connectivity index (χ4v) is 4.51. The van der Waals surface area contributed by atoms with Crippen LogP contribution in [0.5, 0.6) is 0 Å². The highest BCUT2D eigenvalue weighted by Crippen LogP contribution is 2.31. The van der Waals surface area contributed by atoms with Crippen LogP contribution in [0.15, 0.2) is 28.9 Å². The maximum atomic E-state index is 15.1. The van der Waals surface area contributed by atoms with Crippen molar-refractivity contribution in [3.63, 3.8) is 0 Å². The Hall–Kier alpha value is -4.23. The minimum Gasteiger partial charge on any atom is -0.442 e. The predicted molar refractivity (Wildman–Crippen MR) is 134 cm³/mol. The van der Waals surface area contributed by atoms with Crippen LogP contribution in [-0.2, 0) is 14.3 Å². The maximum absolute atomic E-state index is 15.1. The normalized spacial score (nSPS) is 18.3. The molecule has 1 aromatic carbocycles. The zero-order valence-corrected chi connectivity index (χ0v) is 21.8. The Kier molecular flexibility index (Phi) is 8.31. The van der Waals surface area contributed by atoms with Crippen LogP contribution >= 0.6 is 0 Å². The molecule has 2 fully saturated rings. The van der Waals surface area contributed by atoms with Gasteiger partial charge in [0.15, 0.2) is 11.6 Å². The van der Waals surface area contributed by atoms with Crippen molar-refractivity contribution in [2.45, 2.75) is 32.9 Å². The molecule has 2 aliphatic heterocycles. The van der Waals surface area contributed by atoms with Gasteiger partial charge in [0.2, 0.25) is 17.6 Å². The minimum absolute atomic E-state index is 0.000150. The molecular formula is C25H30F2N6O6. The zero-order chi connectivity index (χ0) is 28.3. The van der Waals surface area contributed by atoms with E-state index in [1.165, 1.54) is 24.1 Å². The van der Waals surface area contributed by atoms with E-state index in [0.29, 0.717) is 0 Å². The van der Waals surface area contributed by atoms with E-state index in [1.807, 2.05) is 0 Å². The average molecular weight is 549 g/mol. The molecule has 2 atom stereocenters. The molecule has 3 heterocycles. The number of amides is 4. The summed E-state index contributed by atoms with van der Waals surface area (Å²) in [6.45, 7) is 5.72. The third-order valence-electron chi connectivity index (χ3n) is 6.55. The first-order valence-electron chi connectivity index (χ1n) is 12.5. The molecule has 0 bridgehead atoms. The van der Waals surface area contributed by atoms with Gasteiger partial charge in [-0.25, -0.2) is 13.6 Å². The van der Waals surface area contributed by atoms with E-state index in [-0.39, 0.29) is 74.1 Å². The summed E-state index contributed by atoms with van der Waals surface area (Å²) in [6, 6.07) is 2.69. The number of cyclic esters (lactones) is 1. The number of carbonyl (C=O) groups is 4. The van der Waals surface area contributed by atoms with Gasteiger partial charge in [-0.2, -0.15) is 0 Å². The van der Waals surface area contributed by atoms with Crippen LogP contribution in [0.25, 0.3) is 0 Å². The van der Waals surface area contributed by atoms with Crippen LogP contribution in [0.4, 0.5) is 25.0 Å². The Labute approximate surface area is 223 Å². The molecule has 0 spiro atoms. The topological polar surface area (TPSA) is 137 Å². The van der Waals surface area contributed by atoms with Crippen molar-refractivity contribution in [3.8, 4) is 0 Å². The quantitative estimate of drug-likeness (QED) is 0.507. The van der Waals surface area contributed by atoms with Gasteiger partial charge in [0.25, 0.3) is 5.91 Å². The van der Waals surface area contributed by atoms with Crippen molar-refractivity contribution in [1.82, 2.24) is 20.7 Å². The van der Waals surface area contributed by atoms with E-state index in [1.54, 1.807) is 18.7 Å². The van der Waals surface area contributed by atoms with Crippen LogP contribution in [0, 0.1) is 17.6 Å². The number of hydrogen-bond acceptors (Lipinski definition) is 8. The summed E-state index contributed by atoms with van der Waals surface area (Å²) in [5.74, 6) is -3.12. The average Bonchev–Trinajstić information content (AvgIpc) is 3.55. The fourth-order valence-electron chi connectivity index (χ4n) is 4.51. The fraction of sp³-hybridized carbons (Fsp3) is 0.480. The number of anilines is 2. The first-order chi connectivity index (χ1) is 18.5. The monoisotopic (exact) mass is 548 g/mol. The van der Waals surface area contributed by atoms with Gasteiger partial charge in [0, 0.05) is 51.3 Å². The van der Waals surface area contributed by atoms with E-state index >= 15 is 8.78 Å². The lowest BCUT2D eigenvalue weighted by atomic mass is 10.0. The summed E-state index contributed by atoms with van der Waals surface area (Å²) >= 11 is 0. The SMILES string of the molecule is CC(=O)NCC1CN(c2cc(F)c(N3CCN(C(=O)C(NC(=O)c4ccno4)C(C)C)CC3)c(F)c2)C(=O)O1. The Morgan fingerprint density at radius 2 is 1.79 bits per heavy atom. The molecular weight excluding hydrogens is 518 g/mol. The number of hydrogen-bond donors (Lipinski definition) is 2. The highest BCUT2D eigenvalue weighted by molar-refractivity contribution is 5.95. The first kappa shape index (κ1) is 27.8. The molecule has 1 aromatic heterocycles. The lowest BCUT2D eigenvalue weighted by Gasteiger charge is -2.38.